The quantitative estimate of drug-likeness (QED) is 0.674. The van der Waals surface area contributed by atoms with Crippen LogP contribution < -0.4 is 11.5 Å². The Morgan fingerprint density at radius 3 is 2.65 bits per heavy atom. The van der Waals surface area contributed by atoms with Crippen LogP contribution in [-0.2, 0) is 11.2 Å². The summed E-state index contributed by atoms with van der Waals surface area (Å²) in [7, 11) is 0. The van der Waals surface area contributed by atoms with Crippen molar-refractivity contribution < 1.29 is 4.79 Å². The third kappa shape index (κ3) is 3.11. The molecule has 2 heterocycles. The molecule has 26 heavy (non-hydrogen) atoms. The van der Waals surface area contributed by atoms with Crippen LogP contribution in [0.4, 0.5) is 0 Å². The average Bonchev–Trinajstić information content (AvgIpc) is 3.26. The zero-order valence-corrected chi connectivity index (χ0v) is 14.6. The normalized spacial score (nSPS) is 21.2. The third-order valence-corrected chi connectivity index (χ3v) is 5.34. The van der Waals surface area contributed by atoms with E-state index in [2.05, 4.69) is 23.2 Å². The van der Waals surface area contributed by atoms with E-state index in [1.807, 2.05) is 47.5 Å². The molecule has 2 aromatic carbocycles. The smallest absolute Gasteiger partial charge is 0.239 e. The van der Waals surface area contributed by atoms with E-state index in [0.29, 0.717) is 19.5 Å². The van der Waals surface area contributed by atoms with Gasteiger partial charge in [0.05, 0.1) is 6.04 Å². The topological polar surface area (TPSA) is 88.1 Å². The molecule has 0 radical (unpaired) electrons. The number of nitrogens with zero attached hydrogens (tertiary/aromatic N) is 1. The molecule has 0 spiro atoms. The van der Waals surface area contributed by atoms with Gasteiger partial charge in [-0.25, -0.2) is 0 Å². The molecule has 0 aliphatic carbocycles. The predicted molar refractivity (Wildman–Crippen MR) is 104 cm³/mol. The van der Waals surface area contributed by atoms with Gasteiger partial charge in [-0.2, -0.15) is 0 Å². The first-order valence-corrected chi connectivity index (χ1v) is 9.03. The molecule has 3 atom stereocenters. The van der Waals surface area contributed by atoms with E-state index in [4.69, 9.17) is 11.5 Å². The van der Waals surface area contributed by atoms with Crippen LogP contribution in [-0.4, -0.2) is 41.0 Å². The largest absolute Gasteiger partial charge is 0.361 e. The molecule has 134 valence electrons. The summed E-state index contributed by atoms with van der Waals surface area (Å²) in [5.74, 6) is 0.143. The van der Waals surface area contributed by atoms with Crippen molar-refractivity contribution in [3.05, 3.63) is 71.9 Å². The van der Waals surface area contributed by atoms with Gasteiger partial charge in [0.25, 0.3) is 0 Å². The molecule has 1 aliphatic heterocycles. The summed E-state index contributed by atoms with van der Waals surface area (Å²) in [6.07, 6.45) is 2.46. The molecule has 5 nitrogen and oxygen atoms in total. The van der Waals surface area contributed by atoms with Gasteiger partial charge in [-0.3, -0.25) is 4.79 Å². The number of benzene rings is 2. The van der Waals surface area contributed by atoms with Crippen LogP contribution in [0.25, 0.3) is 10.9 Å². The van der Waals surface area contributed by atoms with Gasteiger partial charge in [0.2, 0.25) is 5.91 Å². The maximum Gasteiger partial charge on any atom is 0.239 e. The molecule has 0 bridgehead atoms. The molecule has 1 aliphatic rings. The summed E-state index contributed by atoms with van der Waals surface area (Å²) in [5, 5.41) is 1.12. The van der Waals surface area contributed by atoms with Crippen molar-refractivity contribution in [3.8, 4) is 0 Å². The van der Waals surface area contributed by atoms with Crippen molar-refractivity contribution in [1.29, 1.82) is 0 Å². The van der Waals surface area contributed by atoms with Crippen LogP contribution in [0.3, 0.4) is 0 Å². The summed E-state index contributed by atoms with van der Waals surface area (Å²) in [5.41, 5.74) is 15.9. The first-order valence-electron chi connectivity index (χ1n) is 9.03. The fraction of sp³-hybridized carbons (Fsp3) is 0.286. The van der Waals surface area contributed by atoms with E-state index in [0.717, 1.165) is 16.5 Å². The highest BCUT2D eigenvalue weighted by Crippen LogP contribution is 2.27. The number of rotatable bonds is 4. The fourth-order valence-corrected chi connectivity index (χ4v) is 3.92. The Kier molecular flexibility index (Phi) is 4.49. The molecule has 4 rings (SSSR count). The molecule has 1 aromatic heterocycles. The fourth-order valence-electron chi connectivity index (χ4n) is 3.92. The summed E-state index contributed by atoms with van der Waals surface area (Å²) >= 11 is 0. The van der Waals surface area contributed by atoms with E-state index in [-0.39, 0.29) is 17.9 Å². The lowest BCUT2D eigenvalue weighted by molar-refractivity contribution is -0.131. The average molecular weight is 348 g/mol. The molecule has 1 fully saturated rings. The predicted octanol–water partition coefficient (Wildman–Crippen LogP) is 1.99. The molecule has 1 saturated heterocycles. The second kappa shape index (κ2) is 6.94. The Hall–Kier alpha value is -2.63. The van der Waals surface area contributed by atoms with E-state index < -0.39 is 6.04 Å². The Balaban J connectivity index is 1.46. The van der Waals surface area contributed by atoms with E-state index >= 15 is 0 Å². The van der Waals surface area contributed by atoms with E-state index in [1.54, 1.807) is 0 Å². The van der Waals surface area contributed by atoms with E-state index in [9.17, 15) is 4.79 Å². The number of amides is 1. The highest BCUT2D eigenvalue weighted by molar-refractivity contribution is 5.86. The molecule has 0 saturated carbocycles. The number of carbonyl (C=O) groups excluding carboxylic acids is 1. The highest BCUT2D eigenvalue weighted by atomic mass is 16.2. The summed E-state index contributed by atoms with van der Waals surface area (Å²) in [6.45, 7) is 1.19. The zero-order chi connectivity index (χ0) is 18.1. The van der Waals surface area contributed by atoms with Crippen LogP contribution in [0.5, 0.6) is 0 Å². The van der Waals surface area contributed by atoms with Gasteiger partial charge in [0.1, 0.15) is 0 Å². The van der Waals surface area contributed by atoms with Crippen LogP contribution in [0.15, 0.2) is 60.8 Å². The number of nitrogens with one attached hydrogen (secondary N) is 1. The van der Waals surface area contributed by atoms with Gasteiger partial charge in [0.15, 0.2) is 0 Å². The van der Waals surface area contributed by atoms with Crippen LogP contribution in [0.1, 0.15) is 17.0 Å². The van der Waals surface area contributed by atoms with Gasteiger partial charge in [-0.05, 0) is 23.6 Å². The van der Waals surface area contributed by atoms with Crippen LogP contribution in [0.2, 0.25) is 0 Å². The lowest BCUT2D eigenvalue weighted by Crippen LogP contribution is -2.44. The number of H-pyrrole nitrogens is 1. The first kappa shape index (κ1) is 16.8. The zero-order valence-electron chi connectivity index (χ0n) is 14.6. The first-order chi connectivity index (χ1) is 12.6. The highest BCUT2D eigenvalue weighted by Gasteiger charge is 2.35. The number of fused-ring (bicyclic) bond motifs is 1. The van der Waals surface area contributed by atoms with Gasteiger partial charge in [-0.15, -0.1) is 0 Å². The Morgan fingerprint density at radius 1 is 1.12 bits per heavy atom. The third-order valence-electron chi connectivity index (χ3n) is 5.34. The summed E-state index contributed by atoms with van der Waals surface area (Å²) in [6, 6.07) is 17.6. The second-order valence-corrected chi connectivity index (χ2v) is 7.09. The SMILES string of the molecule is N[C@@H]1CN(C(=O)[C@@H](N)Cc2c[nH]c3ccccc23)C[C@H]1c1ccccc1. The van der Waals surface area contributed by atoms with Crippen LogP contribution >= 0.6 is 0 Å². The monoisotopic (exact) mass is 348 g/mol. The molecule has 3 aromatic rings. The lowest BCUT2D eigenvalue weighted by Gasteiger charge is -2.21. The number of para-hydroxylation sites is 1. The second-order valence-electron chi connectivity index (χ2n) is 7.09. The molecular formula is C21H24N4O. The standard InChI is InChI=1S/C21H24N4O/c22-18(10-15-11-24-20-9-5-4-8-16(15)20)21(26)25-12-17(19(23)13-25)14-6-2-1-3-7-14/h1-9,11,17-19,24H,10,12-13,22-23H2/t17-,18-,19+/m0/s1. The number of likely N-dealkylation sites (tertiary alicyclic amines) is 1. The van der Waals surface area contributed by atoms with Gasteiger partial charge in [-0.1, -0.05) is 48.5 Å². The maximum atomic E-state index is 12.9. The summed E-state index contributed by atoms with van der Waals surface area (Å²) in [4.78, 5) is 17.9. The maximum absolute atomic E-state index is 12.9. The number of hydrogen-bond acceptors (Lipinski definition) is 3. The minimum atomic E-state index is -0.559. The Morgan fingerprint density at radius 2 is 1.85 bits per heavy atom. The lowest BCUT2D eigenvalue weighted by atomic mass is 9.95. The van der Waals surface area contributed by atoms with Crippen molar-refractivity contribution in [2.24, 2.45) is 11.5 Å². The number of nitrogens with two attached hydrogens (primary N) is 2. The molecular weight excluding hydrogens is 324 g/mol. The van der Waals surface area contributed by atoms with Crippen molar-refractivity contribution in [1.82, 2.24) is 9.88 Å². The minimum absolute atomic E-state index is 0.0239. The van der Waals surface area contributed by atoms with Crippen molar-refractivity contribution >= 4 is 16.8 Å². The Bertz CT molecular complexity index is 905. The number of carbonyl (C=O) groups is 1. The van der Waals surface area contributed by atoms with Crippen LogP contribution in [0, 0.1) is 0 Å². The van der Waals surface area contributed by atoms with Crippen molar-refractivity contribution in [3.63, 3.8) is 0 Å². The molecule has 1 amide bonds. The van der Waals surface area contributed by atoms with E-state index in [1.165, 1.54) is 5.56 Å². The van der Waals surface area contributed by atoms with Crippen molar-refractivity contribution in [2.45, 2.75) is 24.4 Å². The van der Waals surface area contributed by atoms with Gasteiger partial charge < -0.3 is 21.4 Å². The van der Waals surface area contributed by atoms with Crippen molar-refractivity contribution in [2.75, 3.05) is 13.1 Å². The van der Waals surface area contributed by atoms with Gasteiger partial charge in [0, 0.05) is 42.1 Å². The van der Waals surface area contributed by atoms with Gasteiger partial charge >= 0.3 is 0 Å². The number of hydrogen-bond donors (Lipinski definition) is 3. The molecule has 5 heteroatoms. The summed E-state index contributed by atoms with van der Waals surface area (Å²) < 4.78 is 0. The number of aromatic nitrogens is 1. The molecule has 0 unspecified atom stereocenters. The molecule has 5 N–H and O–H groups in total. The number of aromatic amines is 1. The Labute approximate surface area is 153 Å². The minimum Gasteiger partial charge on any atom is -0.361 e.